The molecule has 2 aliphatic heterocycles. The van der Waals surface area contributed by atoms with Gasteiger partial charge < -0.3 is 19.5 Å². The molecule has 1 unspecified atom stereocenters. The number of ether oxygens (including phenoxy) is 3. The number of fused-ring (bicyclic) bond motifs is 2. The molecule has 2 aromatic carbocycles. The SMILES string of the molecule is COC(=O)CC1COc2ccccc2N1C(=O)c1ccc2c(c1)NC(=O)CO2. The number of carbonyl (C=O) groups is 3. The van der Waals surface area contributed by atoms with Gasteiger partial charge in [0.2, 0.25) is 0 Å². The van der Waals surface area contributed by atoms with Crippen LogP contribution in [0.2, 0.25) is 0 Å². The third-order valence-electron chi connectivity index (χ3n) is 4.63. The molecule has 0 aliphatic carbocycles. The summed E-state index contributed by atoms with van der Waals surface area (Å²) in [6, 6.07) is 11.5. The Morgan fingerprint density at radius 2 is 2.00 bits per heavy atom. The number of amides is 2. The van der Waals surface area contributed by atoms with Crippen LogP contribution in [0.3, 0.4) is 0 Å². The average molecular weight is 382 g/mol. The average Bonchev–Trinajstić information content (AvgIpc) is 2.72. The molecule has 144 valence electrons. The number of para-hydroxylation sites is 2. The zero-order valence-electron chi connectivity index (χ0n) is 15.1. The normalized spacial score (nSPS) is 17.4. The van der Waals surface area contributed by atoms with Gasteiger partial charge in [-0.3, -0.25) is 19.3 Å². The van der Waals surface area contributed by atoms with Gasteiger partial charge in [-0.25, -0.2) is 0 Å². The highest BCUT2D eigenvalue weighted by Gasteiger charge is 2.35. The van der Waals surface area contributed by atoms with Crippen LogP contribution in [0.25, 0.3) is 0 Å². The predicted molar refractivity (Wildman–Crippen MR) is 99.7 cm³/mol. The zero-order chi connectivity index (χ0) is 19.7. The molecule has 1 atom stereocenters. The van der Waals surface area contributed by atoms with E-state index >= 15 is 0 Å². The van der Waals surface area contributed by atoms with Crippen molar-refractivity contribution in [2.75, 3.05) is 30.5 Å². The lowest BCUT2D eigenvalue weighted by Gasteiger charge is -2.36. The number of rotatable bonds is 3. The summed E-state index contributed by atoms with van der Waals surface area (Å²) in [6.45, 7) is 0.112. The van der Waals surface area contributed by atoms with Crippen LogP contribution in [0.4, 0.5) is 11.4 Å². The lowest BCUT2D eigenvalue weighted by Crippen LogP contribution is -2.48. The van der Waals surface area contributed by atoms with E-state index in [2.05, 4.69) is 5.32 Å². The van der Waals surface area contributed by atoms with Gasteiger partial charge in [-0.05, 0) is 30.3 Å². The second kappa shape index (κ2) is 7.22. The number of hydrogen-bond acceptors (Lipinski definition) is 6. The number of methoxy groups -OCH3 is 1. The Hall–Kier alpha value is -3.55. The second-order valence-electron chi connectivity index (χ2n) is 6.44. The number of nitrogens with one attached hydrogen (secondary N) is 1. The van der Waals surface area contributed by atoms with Gasteiger partial charge in [-0.15, -0.1) is 0 Å². The Morgan fingerprint density at radius 3 is 2.82 bits per heavy atom. The first kappa shape index (κ1) is 17.8. The first-order valence-corrected chi connectivity index (χ1v) is 8.75. The molecule has 0 spiro atoms. The fraction of sp³-hybridized carbons (Fsp3) is 0.250. The molecule has 0 radical (unpaired) electrons. The maximum absolute atomic E-state index is 13.4. The van der Waals surface area contributed by atoms with E-state index in [1.807, 2.05) is 6.07 Å². The number of nitrogens with zero attached hydrogens (tertiary/aromatic N) is 1. The lowest BCUT2D eigenvalue weighted by molar-refractivity contribution is -0.141. The van der Waals surface area contributed by atoms with Gasteiger partial charge in [-0.1, -0.05) is 12.1 Å². The molecule has 4 rings (SSSR count). The summed E-state index contributed by atoms with van der Waals surface area (Å²) in [5.74, 6) is 0.0396. The Labute approximate surface area is 161 Å². The maximum atomic E-state index is 13.4. The molecular formula is C20H18N2O6. The molecule has 0 bridgehead atoms. The Morgan fingerprint density at radius 1 is 1.18 bits per heavy atom. The van der Waals surface area contributed by atoms with E-state index in [1.54, 1.807) is 41.3 Å². The number of hydrogen-bond donors (Lipinski definition) is 1. The molecule has 8 nitrogen and oxygen atoms in total. The van der Waals surface area contributed by atoms with E-state index < -0.39 is 12.0 Å². The summed E-state index contributed by atoms with van der Waals surface area (Å²) < 4.78 is 15.8. The standard InChI is InChI=1S/C20H18N2O6/c1-26-19(24)9-13-10-27-17-5-3-2-4-15(17)22(13)20(25)12-6-7-16-14(8-12)21-18(23)11-28-16/h2-8,13H,9-11H2,1H3,(H,21,23). The Bertz CT molecular complexity index is 957. The summed E-state index contributed by atoms with van der Waals surface area (Å²) in [7, 11) is 1.30. The highest BCUT2D eigenvalue weighted by Crippen LogP contribution is 2.36. The van der Waals surface area contributed by atoms with Gasteiger partial charge in [0.1, 0.15) is 18.1 Å². The van der Waals surface area contributed by atoms with Crippen molar-refractivity contribution in [2.45, 2.75) is 12.5 Å². The van der Waals surface area contributed by atoms with E-state index in [0.717, 1.165) is 0 Å². The molecule has 2 aliphatic rings. The summed E-state index contributed by atoms with van der Waals surface area (Å²) in [5, 5.41) is 2.70. The summed E-state index contributed by atoms with van der Waals surface area (Å²) in [5.41, 5.74) is 1.37. The monoisotopic (exact) mass is 382 g/mol. The van der Waals surface area contributed by atoms with E-state index in [-0.39, 0.29) is 31.4 Å². The molecule has 8 heteroatoms. The first-order chi connectivity index (χ1) is 13.6. The minimum Gasteiger partial charge on any atom is -0.489 e. The second-order valence-corrected chi connectivity index (χ2v) is 6.44. The molecule has 0 saturated heterocycles. The van der Waals surface area contributed by atoms with Crippen molar-refractivity contribution in [2.24, 2.45) is 0 Å². The van der Waals surface area contributed by atoms with Crippen LogP contribution in [-0.2, 0) is 14.3 Å². The van der Waals surface area contributed by atoms with E-state index in [9.17, 15) is 14.4 Å². The van der Waals surface area contributed by atoms with Crippen molar-refractivity contribution in [3.8, 4) is 11.5 Å². The highest BCUT2D eigenvalue weighted by atomic mass is 16.5. The van der Waals surface area contributed by atoms with Crippen molar-refractivity contribution in [3.05, 3.63) is 48.0 Å². The number of anilines is 2. The van der Waals surface area contributed by atoms with Crippen LogP contribution < -0.4 is 19.7 Å². The number of esters is 1. The van der Waals surface area contributed by atoms with Crippen molar-refractivity contribution >= 4 is 29.2 Å². The first-order valence-electron chi connectivity index (χ1n) is 8.75. The molecule has 2 amide bonds. The van der Waals surface area contributed by atoms with Crippen molar-refractivity contribution < 1.29 is 28.6 Å². The minimum absolute atomic E-state index is 0.00135. The maximum Gasteiger partial charge on any atom is 0.307 e. The lowest BCUT2D eigenvalue weighted by atomic mass is 10.1. The van der Waals surface area contributed by atoms with Crippen molar-refractivity contribution in [3.63, 3.8) is 0 Å². The predicted octanol–water partition coefficient (Wildman–Crippen LogP) is 1.99. The molecule has 28 heavy (non-hydrogen) atoms. The van der Waals surface area contributed by atoms with Gasteiger partial charge in [-0.2, -0.15) is 0 Å². The topological polar surface area (TPSA) is 94.2 Å². The zero-order valence-corrected chi connectivity index (χ0v) is 15.1. The molecular weight excluding hydrogens is 364 g/mol. The smallest absolute Gasteiger partial charge is 0.307 e. The van der Waals surface area contributed by atoms with E-state index in [0.29, 0.717) is 28.4 Å². The van der Waals surface area contributed by atoms with Crippen molar-refractivity contribution in [1.82, 2.24) is 0 Å². The van der Waals surface area contributed by atoms with E-state index in [1.165, 1.54) is 7.11 Å². The number of benzene rings is 2. The molecule has 0 saturated carbocycles. The molecule has 2 heterocycles. The van der Waals surface area contributed by atoms with Gasteiger partial charge in [0.05, 0.1) is 30.9 Å². The van der Waals surface area contributed by atoms with Crippen LogP contribution in [-0.4, -0.2) is 44.1 Å². The molecule has 0 aromatic heterocycles. The Balaban J connectivity index is 1.71. The quantitative estimate of drug-likeness (QED) is 0.816. The largest absolute Gasteiger partial charge is 0.489 e. The van der Waals surface area contributed by atoms with Gasteiger partial charge >= 0.3 is 5.97 Å². The van der Waals surface area contributed by atoms with Gasteiger partial charge in [0.15, 0.2) is 6.61 Å². The fourth-order valence-electron chi connectivity index (χ4n) is 3.29. The van der Waals surface area contributed by atoms with Crippen molar-refractivity contribution in [1.29, 1.82) is 0 Å². The van der Waals surface area contributed by atoms with Crippen LogP contribution in [0.5, 0.6) is 11.5 Å². The van der Waals surface area contributed by atoms with Gasteiger partial charge in [0.25, 0.3) is 11.8 Å². The third kappa shape index (κ3) is 3.24. The highest BCUT2D eigenvalue weighted by molar-refractivity contribution is 6.09. The van der Waals surface area contributed by atoms with Crippen LogP contribution in [0.1, 0.15) is 16.8 Å². The molecule has 0 fully saturated rings. The third-order valence-corrected chi connectivity index (χ3v) is 4.63. The van der Waals surface area contributed by atoms with E-state index in [4.69, 9.17) is 14.2 Å². The number of carbonyl (C=O) groups excluding carboxylic acids is 3. The van der Waals surface area contributed by atoms with Crippen LogP contribution >= 0.6 is 0 Å². The fourth-order valence-corrected chi connectivity index (χ4v) is 3.29. The summed E-state index contributed by atoms with van der Waals surface area (Å²) in [6.07, 6.45) is 0.00135. The van der Waals surface area contributed by atoms with Gasteiger partial charge in [0, 0.05) is 5.56 Å². The minimum atomic E-state index is -0.517. The molecule has 1 N–H and O–H groups in total. The van der Waals surface area contributed by atoms with Crippen LogP contribution in [0, 0.1) is 0 Å². The molecule has 2 aromatic rings. The van der Waals surface area contributed by atoms with Crippen LogP contribution in [0.15, 0.2) is 42.5 Å². The summed E-state index contributed by atoms with van der Waals surface area (Å²) in [4.78, 5) is 38.3. The Kier molecular flexibility index (Phi) is 4.60. The summed E-state index contributed by atoms with van der Waals surface area (Å²) >= 11 is 0.